The van der Waals surface area contributed by atoms with Gasteiger partial charge in [0, 0.05) is 24.6 Å². The Morgan fingerprint density at radius 1 is 1.03 bits per heavy atom. The molecule has 8 nitrogen and oxygen atoms in total. The van der Waals surface area contributed by atoms with Gasteiger partial charge in [-0.05, 0) is 18.6 Å². The second-order valence-electron chi connectivity index (χ2n) is 6.54. The Kier molecular flexibility index (Phi) is 6.82. The number of fused-ring (bicyclic) bond motifs is 1. The van der Waals surface area contributed by atoms with Gasteiger partial charge in [-0.1, -0.05) is 48.5 Å². The lowest BCUT2D eigenvalue weighted by Gasteiger charge is -2.13. The fourth-order valence-corrected chi connectivity index (χ4v) is 2.85. The summed E-state index contributed by atoms with van der Waals surface area (Å²) in [5.41, 5.74) is 1.93. The van der Waals surface area contributed by atoms with Crippen molar-refractivity contribution in [2.24, 2.45) is 0 Å². The number of carbonyl (C=O) groups is 3. The number of carbonyl (C=O) groups excluding carboxylic acids is 3. The number of amides is 3. The average molecular weight is 410 g/mol. The van der Waals surface area contributed by atoms with E-state index in [-0.39, 0.29) is 18.9 Å². The molecule has 156 valence electrons. The number of nitrogens with one attached hydrogen (secondary N) is 2. The Balaban J connectivity index is 1.59. The van der Waals surface area contributed by atoms with Crippen LogP contribution in [0, 0.1) is 0 Å². The maximum absolute atomic E-state index is 12.6. The molecular formula is C22H22N2O6. The molecule has 2 N–H and O–H groups in total. The highest BCUT2D eigenvalue weighted by Gasteiger charge is 2.26. The van der Waals surface area contributed by atoms with Gasteiger partial charge in [0.1, 0.15) is 5.58 Å². The monoisotopic (exact) mass is 410 g/mol. The summed E-state index contributed by atoms with van der Waals surface area (Å²) in [6, 6.07) is 15.7. The van der Waals surface area contributed by atoms with Crippen molar-refractivity contribution in [1.29, 1.82) is 0 Å². The standard InChI is InChI=1S/C22H22N2O6/c1-14(20(25)24-22(27)23-12-15-8-4-3-5-9-15)29-21(26)19-17(13-28-2)16-10-6-7-11-18(16)30-19/h3-11,14H,12-13H2,1-2H3,(H2,23,24,25,27). The number of hydrogen-bond acceptors (Lipinski definition) is 6. The number of hydrogen-bond donors (Lipinski definition) is 2. The number of imide groups is 1. The number of furan rings is 1. The van der Waals surface area contributed by atoms with Crippen LogP contribution in [0.1, 0.15) is 28.6 Å². The largest absolute Gasteiger partial charge is 0.449 e. The Bertz CT molecular complexity index is 1040. The first kappa shape index (κ1) is 21.1. The van der Waals surface area contributed by atoms with Crippen LogP contribution in [0.4, 0.5) is 4.79 Å². The number of urea groups is 1. The van der Waals surface area contributed by atoms with Gasteiger partial charge in [-0.15, -0.1) is 0 Å². The zero-order valence-electron chi connectivity index (χ0n) is 16.6. The lowest BCUT2D eigenvalue weighted by Crippen LogP contribution is -2.44. The highest BCUT2D eigenvalue weighted by molar-refractivity contribution is 6.00. The van der Waals surface area contributed by atoms with Gasteiger partial charge in [0.05, 0.1) is 6.61 Å². The molecule has 3 amide bonds. The van der Waals surface area contributed by atoms with E-state index in [0.717, 1.165) is 10.9 Å². The fraction of sp³-hybridized carbons (Fsp3) is 0.227. The fourth-order valence-electron chi connectivity index (χ4n) is 2.85. The molecule has 0 fully saturated rings. The van der Waals surface area contributed by atoms with Gasteiger partial charge >= 0.3 is 12.0 Å². The summed E-state index contributed by atoms with van der Waals surface area (Å²) in [4.78, 5) is 36.7. The lowest BCUT2D eigenvalue weighted by atomic mass is 10.1. The molecule has 1 heterocycles. The summed E-state index contributed by atoms with van der Waals surface area (Å²) >= 11 is 0. The van der Waals surface area contributed by atoms with Gasteiger partial charge in [-0.3, -0.25) is 10.1 Å². The third-order valence-corrected chi connectivity index (χ3v) is 4.36. The molecule has 3 aromatic rings. The van der Waals surface area contributed by atoms with Crippen LogP contribution in [0.15, 0.2) is 59.0 Å². The van der Waals surface area contributed by atoms with E-state index in [9.17, 15) is 14.4 Å². The van der Waals surface area contributed by atoms with Crippen molar-refractivity contribution in [2.75, 3.05) is 7.11 Å². The van der Waals surface area contributed by atoms with Crippen molar-refractivity contribution in [3.8, 4) is 0 Å². The van der Waals surface area contributed by atoms with Crippen LogP contribution in [0.2, 0.25) is 0 Å². The summed E-state index contributed by atoms with van der Waals surface area (Å²) in [7, 11) is 1.50. The molecule has 0 aliphatic heterocycles. The molecule has 0 saturated carbocycles. The van der Waals surface area contributed by atoms with Crippen molar-refractivity contribution in [1.82, 2.24) is 10.6 Å². The first-order valence-corrected chi connectivity index (χ1v) is 9.32. The molecule has 3 rings (SSSR count). The Morgan fingerprint density at radius 3 is 2.47 bits per heavy atom. The predicted octanol–water partition coefficient (Wildman–Crippen LogP) is 3.15. The smallest absolute Gasteiger partial charge is 0.375 e. The van der Waals surface area contributed by atoms with Crippen LogP contribution >= 0.6 is 0 Å². The number of para-hydroxylation sites is 1. The number of esters is 1. The van der Waals surface area contributed by atoms with E-state index in [4.69, 9.17) is 13.9 Å². The van der Waals surface area contributed by atoms with E-state index in [0.29, 0.717) is 11.1 Å². The SMILES string of the molecule is COCc1c(C(=O)OC(C)C(=O)NC(=O)NCc2ccccc2)oc2ccccc12. The molecule has 0 radical (unpaired) electrons. The maximum atomic E-state index is 12.6. The van der Waals surface area contributed by atoms with Crippen LogP contribution in [-0.4, -0.2) is 31.1 Å². The van der Waals surface area contributed by atoms with Crippen LogP contribution in [0.3, 0.4) is 0 Å². The first-order valence-electron chi connectivity index (χ1n) is 9.32. The zero-order valence-corrected chi connectivity index (χ0v) is 16.6. The molecule has 0 bridgehead atoms. The van der Waals surface area contributed by atoms with E-state index in [2.05, 4.69) is 10.6 Å². The molecule has 0 aliphatic rings. The predicted molar refractivity (Wildman–Crippen MR) is 109 cm³/mol. The zero-order chi connectivity index (χ0) is 21.5. The molecular weight excluding hydrogens is 388 g/mol. The Labute approximate surface area is 173 Å². The summed E-state index contributed by atoms with van der Waals surface area (Å²) in [6.45, 7) is 1.77. The van der Waals surface area contributed by atoms with E-state index >= 15 is 0 Å². The molecule has 1 atom stereocenters. The molecule has 0 aliphatic carbocycles. The van der Waals surface area contributed by atoms with E-state index in [1.54, 1.807) is 18.2 Å². The van der Waals surface area contributed by atoms with Crippen LogP contribution in [0.25, 0.3) is 11.0 Å². The normalized spacial score (nSPS) is 11.7. The van der Waals surface area contributed by atoms with Crippen LogP contribution < -0.4 is 10.6 Å². The second kappa shape index (κ2) is 9.71. The summed E-state index contributed by atoms with van der Waals surface area (Å²) in [6.07, 6.45) is -1.21. The van der Waals surface area contributed by atoms with Gasteiger partial charge < -0.3 is 19.2 Å². The quantitative estimate of drug-likeness (QED) is 0.580. The molecule has 8 heteroatoms. The minimum absolute atomic E-state index is 0.0359. The number of ether oxygens (including phenoxy) is 2. The third-order valence-electron chi connectivity index (χ3n) is 4.36. The highest BCUT2D eigenvalue weighted by atomic mass is 16.6. The molecule has 0 spiro atoms. The van der Waals surface area contributed by atoms with Crippen molar-refractivity contribution < 1.29 is 28.3 Å². The Hall–Kier alpha value is -3.65. The molecule has 1 unspecified atom stereocenters. The maximum Gasteiger partial charge on any atom is 0.375 e. The van der Waals surface area contributed by atoms with E-state index in [1.807, 2.05) is 36.4 Å². The molecule has 2 aromatic carbocycles. The van der Waals surface area contributed by atoms with Gasteiger partial charge in [0.2, 0.25) is 5.76 Å². The number of benzene rings is 2. The van der Waals surface area contributed by atoms with E-state index < -0.39 is 24.0 Å². The summed E-state index contributed by atoms with van der Waals surface area (Å²) < 4.78 is 15.9. The van der Waals surface area contributed by atoms with Crippen molar-refractivity contribution in [3.05, 3.63) is 71.5 Å². The van der Waals surface area contributed by atoms with Crippen LogP contribution in [0.5, 0.6) is 0 Å². The number of methoxy groups -OCH3 is 1. The third kappa shape index (κ3) is 5.03. The average Bonchev–Trinajstić information content (AvgIpc) is 3.12. The van der Waals surface area contributed by atoms with Gasteiger partial charge in [-0.25, -0.2) is 9.59 Å². The lowest BCUT2D eigenvalue weighted by molar-refractivity contribution is -0.128. The number of rotatable bonds is 7. The van der Waals surface area contributed by atoms with Crippen molar-refractivity contribution in [2.45, 2.75) is 26.2 Å². The van der Waals surface area contributed by atoms with Gasteiger partial charge in [-0.2, -0.15) is 0 Å². The van der Waals surface area contributed by atoms with Crippen LogP contribution in [-0.2, 0) is 27.4 Å². The summed E-state index contributed by atoms with van der Waals surface area (Å²) in [5, 5.41) is 5.44. The minimum atomic E-state index is -1.21. The molecule has 30 heavy (non-hydrogen) atoms. The summed E-state index contributed by atoms with van der Waals surface area (Å²) in [5.74, 6) is -1.60. The van der Waals surface area contributed by atoms with Gasteiger partial charge in [0.25, 0.3) is 5.91 Å². The first-order chi connectivity index (χ1) is 14.5. The molecule has 1 aromatic heterocycles. The van der Waals surface area contributed by atoms with Crippen molar-refractivity contribution in [3.63, 3.8) is 0 Å². The highest BCUT2D eigenvalue weighted by Crippen LogP contribution is 2.27. The minimum Gasteiger partial charge on any atom is -0.449 e. The molecule has 0 saturated heterocycles. The van der Waals surface area contributed by atoms with Gasteiger partial charge in [0.15, 0.2) is 6.10 Å². The Morgan fingerprint density at radius 2 is 1.73 bits per heavy atom. The van der Waals surface area contributed by atoms with E-state index in [1.165, 1.54) is 14.0 Å². The van der Waals surface area contributed by atoms with Crippen molar-refractivity contribution >= 4 is 28.9 Å². The topological polar surface area (TPSA) is 107 Å². The second-order valence-corrected chi connectivity index (χ2v) is 6.54.